The molecule has 0 aliphatic heterocycles. The standard InChI is InChI=1S/C30H28N4O5/c1-18-4-6-19(7-5-18)27(31-15-14-20-17-32-25-13-12-23(39-3)16-24(20)25)26-28(35)33-30(37)34(29(26)36)21-8-10-22(38-2)11-9-21/h4-13,16-17,32,36H,14-15H2,1-3H3,(H,33,35,37). The third-order valence-corrected chi connectivity index (χ3v) is 6.60. The predicted octanol–water partition coefficient (Wildman–Crippen LogP) is 4.12. The highest BCUT2D eigenvalue weighted by molar-refractivity contribution is 6.14. The van der Waals surface area contributed by atoms with Crippen LogP contribution in [-0.2, 0) is 6.42 Å². The Balaban J connectivity index is 1.59. The molecule has 0 spiro atoms. The molecular formula is C30H28N4O5. The fourth-order valence-corrected chi connectivity index (χ4v) is 4.51. The molecule has 0 saturated carbocycles. The maximum absolute atomic E-state index is 13.1. The van der Waals surface area contributed by atoms with Crippen molar-refractivity contribution in [2.24, 2.45) is 4.99 Å². The van der Waals surface area contributed by atoms with Crippen molar-refractivity contribution < 1.29 is 14.6 Å². The zero-order chi connectivity index (χ0) is 27.5. The Morgan fingerprint density at radius 1 is 0.949 bits per heavy atom. The van der Waals surface area contributed by atoms with E-state index in [1.807, 2.05) is 55.6 Å². The van der Waals surface area contributed by atoms with Crippen LogP contribution in [-0.4, -0.2) is 46.1 Å². The first kappa shape index (κ1) is 25.6. The van der Waals surface area contributed by atoms with E-state index in [0.29, 0.717) is 30.0 Å². The van der Waals surface area contributed by atoms with E-state index >= 15 is 0 Å². The molecule has 0 saturated heterocycles. The zero-order valence-corrected chi connectivity index (χ0v) is 21.8. The number of hydrogen-bond acceptors (Lipinski definition) is 6. The highest BCUT2D eigenvalue weighted by Crippen LogP contribution is 2.25. The molecule has 0 radical (unpaired) electrons. The van der Waals surface area contributed by atoms with Gasteiger partial charge in [-0.2, -0.15) is 0 Å². The summed E-state index contributed by atoms with van der Waals surface area (Å²) >= 11 is 0. The molecule has 0 aliphatic carbocycles. The Morgan fingerprint density at radius 3 is 2.33 bits per heavy atom. The van der Waals surface area contributed by atoms with Crippen LogP contribution in [0.4, 0.5) is 0 Å². The lowest BCUT2D eigenvalue weighted by Gasteiger charge is -2.14. The summed E-state index contributed by atoms with van der Waals surface area (Å²) in [6.07, 6.45) is 2.50. The summed E-state index contributed by atoms with van der Waals surface area (Å²) in [5.74, 6) is 0.849. The van der Waals surface area contributed by atoms with Crippen molar-refractivity contribution in [3.8, 4) is 23.1 Å². The molecule has 0 amide bonds. The number of aromatic hydroxyl groups is 1. The van der Waals surface area contributed by atoms with Crippen LogP contribution in [0.15, 0.2) is 87.5 Å². The van der Waals surface area contributed by atoms with Gasteiger partial charge in [-0.05, 0) is 61.4 Å². The second-order valence-corrected chi connectivity index (χ2v) is 9.06. The van der Waals surface area contributed by atoms with Crippen LogP contribution >= 0.6 is 0 Å². The van der Waals surface area contributed by atoms with Gasteiger partial charge in [0.15, 0.2) is 0 Å². The maximum Gasteiger partial charge on any atom is 0.335 e. The fourth-order valence-electron chi connectivity index (χ4n) is 4.51. The predicted molar refractivity (Wildman–Crippen MR) is 151 cm³/mol. The summed E-state index contributed by atoms with van der Waals surface area (Å²) in [4.78, 5) is 36.3. The molecule has 5 rings (SSSR count). The van der Waals surface area contributed by atoms with E-state index < -0.39 is 17.1 Å². The minimum Gasteiger partial charge on any atom is -0.497 e. The number of H-pyrrole nitrogens is 2. The van der Waals surface area contributed by atoms with Gasteiger partial charge in [-0.1, -0.05) is 29.8 Å². The van der Waals surface area contributed by atoms with Crippen LogP contribution in [0.2, 0.25) is 0 Å². The number of benzene rings is 3. The number of hydrogen-bond donors (Lipinski definition) is 3. The lowest BCUT2D eigenvalue weighted by molar-refractivity contribution is 0.414. The third kappa shape index (κ3) is 5.06. The maximum atomic E-state index is 13.1. The van der Waals surface area contributed by atoms with Crippen molar-refractivity contribution in [3.63, 3.8) is 0 Å². The number of aliphatic imine (C=N–C) groups is 1. The Bertz CT molecular complexity index is 1780. The van der Waals surface area contributed by atoms with Crippen molar-refractivity contribution in [2.45, 2.75) is 13.3 Å². The van der Waals surface area contributed by atoms with Gasteiger partial charge < -0.3 is 19.6 Å². The van der Waals surface area contributed by atoms with E-state index in [1.165, 1.54) is 7.11 Å². The lowest BCUT2D eigenvalue weighted by Crippen LogP contribution is -2.33. The first-order valence-corrected chi connectivity index (χ1v) is 12.4. The number of methoxy groups -OCH3 is 2. The summed E-state index contributed by atoms with van der Waals surface area (Å²) in [5.41, 5.74) is 2.77. The summed E-state index contributed by atoms with van der Waals surface area (Å²) in [5, 5.41) is 12.3. The molecule has 2 heterocycles. The number of rotatable bonds is 8. The van der Waals surface area contributed by atoms with Crippen LogP contribution in [0.25, 0.3) is 16.6 Å². The van der Waals surface area contributed by atoms with Crippen LogP contribution in [0.5, 0.6) is 17.4 Å². The lowest BCUT2D eigenvalue weighted by atomic mass is 10.0. The number of aromatic amines is 2. The molecule has 198 valence electrons. The van der Waals surface area contributed by atoms with E-state index in [9.17, 15) is 14.7 Å². The van der Waals surface area contributed by atoms with Gasteiger partial charge in [-0.25, -0.2) is 9.36 Å². The molecule has 2 aromatic heterocycles. The molecule has 39 heavy (non-hydrogen) atoms. The number of nitrogens with one attached hydrogen (secondary N) is 2. The van der Waals surface area contributed by atoms with Gasteiger partial charge in [0.1, 0.15) is 17.1 Å². The normalized spacial score (nSPS) is 11.6. The van der Waals surface area contributed by atoms with Gasteiger partial charge in [0.2, 0.25) is 5.88 Å². The second kappa shape index (κ2) is 10.7. The topological polar surface area (TPSA) is 122 Å². The number of aromatic nitrogens is 3. The molecular weight excluding hydrogens is 496 g/mol. The Hall–Kier alpha value is -5.05. The van der Waals surface area contributed by atoms with Crippen LogP contribution in [0.3, 0.4) is 0 Å². The monoisotopic (exact) mass is 524 g/mol. The quantitative estimate of drug-likeness (QED) is 0.264. The number of aryl methyl sites for hydroxylation is 1. The molecule has 5 aromatic rings. The van der Waals surface area contributed by atoms with Crippen molar-refractivity contribution in [1.29, 1.82) is 0 Å². The molecule has 0 unspecified atom stereocenters. The fraction of sp³-hybridized carbons (Fsp3) is 0.167. The molecule has 0 bridgehead atoms. The first-order valence-electron chi connectivity index (χ1n) is 12.4. The van der Waals surface area contributed by atoms with Crippen LogP contribution < -0.4 is 20.7 Å². The summed E-state index contributed by atoms with van der Waals surface area (Å²) in [6, 6.07) is 19.9. The minimum atomic E-state index is -0.762. The molecule has 0 fully saturated rings. The van der Waals surface area contributed by atoms with E-state index in [1.54, 1.807) is 31.4 Å². The van der Waals surface area contributed by atoms with E-state index in [2.05, 4.69) is 9.97 Å². The highest BCUT2D eigenvalue weighted by atomic mass is 16.5. The van der Waals surface area contributed by atoms with Crippen molar-refractivity contribution in [3.05, 3.63) is 116 Å². The van der Waals surface area contributed by atoms with Gasteiger partial charge in [-0.15, -0.1) is 0 Å². The molecule has 3 N–H and O–H groups in total. The van der Waals surface area contributed by atoms with E-state index in [-0.39, 0.29) is 11.3 Å². The largest absolute Gasteiger partial charge is 0.497 e. The van der Waals surface area contributed by atoms with Gasteiger partial charge >= 0.3 is 5.69 Å². The van der Waals surface area contributed by atoms with Gasteiger partial charge in [0, 0.05) is 29.2 Å². The molecule has 9 nitrogen and oxygen atoms in total. The zero-order valence-electron chi connectivity index (χ0n) is 21.8. The second-order valence-electron chi connectivity index (χ2n) is 9.06. The Kier molecular flexibility index (Phi) is 7.05. The number of fused-ring (bicyclic) bond motifs is 1. The van der Waals surface area contributed by atoms with Crippen molar-refractivity contribution >= 4 is 16.6 Å². The van der Waals surface area contributed by atoms with E-state index in [4.69, 9.17) is 14.5 Å². The third-order valence-electron chi connectivity index (χ3n) is 6.60. The number of ether oxygens (including phenoxy) is 2. The molecule has 9 heteroatoms. The van der Waals surface area contributed by atoms with Crippen molar-refractivity contribution in [2.75, 3.05) is 20.8 Å². The molecule has 3 aromatic carbocycles. The van der Waals surface area contributed by atoms with E-state index in [0.717, 1.165) is 32.3 Å². The SMILES string of the molecule is COc1ccc(-n2c(O)c(C(=NCCc3c[nH]c4ccc(OC)cc34)c3ccc(C)cc3)c(=O)[nH]c2=O)cc1. The summed E-state index contributed by atoms with van der Waals surface area (Å²) < 4.78 is 11.6. The first-order chi connectivity index (χ1) is 18.9. The summed E-state index contributed by atoms with van der Waals surface area (Å²) in [7, 11) is 3.16. The highest BCUT2D eigenvalue weighted by Gasteiger charge is 2.22. The smallest absolute Gasteiger partial charge is 0.335 e. The van der Waals surface area contributed by atoms with Gasteiger partial charge in [0.05, 0.1) is 25.6 Å². The van der Waals surface area contributed by atoms with Crippen LogP contribution in [0.1, 0.15) is 22.3 Å². The summed E-state index contributed by atoms with van der Waals surface area (Å²) in [6.45, 7) is 2.29. The average molecular weight is 525 g/mol. The molecule has 0 aliphatic rings. The van der Waals surface area contributed by atoms with Crippen LogP contribution in [0, 0.1) is 6.92 Å². The van der Waals surface area contributed by atoms with Crippen molar-refractivity contribution in [1.82, 2.24) is 14.5 Å². The Morgan fingerprint density at radius 2 is 1.64 bits per heavy atom. The average Bonchev–Trinajstić information content (AvgIpc) is 3.35. The van der Waals surface area contributed by atoms with Gasteiger partial charge in [0.25, 0.3) is 5.56 Å². The Labute approximate surface area is 224 Å². The number of nitrogens with zero attached hydrogens (tertiary/aromatic N) is 2. The van der Waals surface area contributed by atoms with Gasteiger partial charge in [-0.3, -0.25) is 14.8 Å². The minimum absolute atomic E-state index is 0.0881. The molecule has 0 atom stereocenters.